The predicted octanol–water partition coefficient (Wildman–Crippen LogP) is 5.28. The minimum absolute atomic E-state index is 0.298. The number of carbonyl (C=O) groups is 1. The van der Waals surface area contributed by atoms with Gasteiger partial charge in [0.15, 0.2) is 11.4 Å². The maximum atomic E-state index is 12.4. The molecular formula is C22H21F3N2O5S. The lowest BCUT2D eigenvalue weighted by Crippen LogP contribution is -2.38. The Balaban J connectivity index is 1.58. The molecule has 0 saturated carbocycles. The highest BCUT2D eigenvalue weighted by Gasteiger charge is 2.31. The molecule has 0 saturated heterocycles. The number of rotatable bonds is 9. The third kappa shape index (κ3) is 6.82. The van der Waals surface area contributed by atoms with Crippen molar-refractivity contribution in [3.8, 4) is 28.6 Å². The summed E-state index contributed by atoms with van der Waals surface area (Å²) < 4.78 is 56.7. The molecule has 0 radical (unpaired) electrons. The number of aryl methyl sites for hydroxylation is 1. The zero-order valence-corrected chi connectivity index (χ0v) is 18.8. The van der Waals surface area contributed by atoms with Crippen molar-refractivity contribution < 1.29 is 37.3 Å². The van der Waals surface area contributed by atoms with Gasteiger partial charge in [0.1, 0.15) is 22.3 Å². The highest BCUT2D eigenvalue weighted by molar-refractivity contribution is 7.05. The van der Waals surface area contributed by atoms with E-state index in [4.69, 9.17) is 9.47 Å². The normalized spacial score (nSPS) is 11.8. The van der Waals surface area contributed by atoms with Gasteiger partial charge in [-0.15, -0.1) is 13.2 Å². The fourth-order valence-electron chi connectivity index (χ4n) is 2.71. The molecule has 176 valence electrons. The molecule has 0 fully saturated rings. The van der Waals surface area contributed by atoms with E-state index < -0.39 is 17.9 Å². The van der Waals surface area contributed by atoms with Gasteiger partial charge in [-0.25, -0.2) is 9.78 Å². The number of aromatic nitrogens is 2. The first-order chi connectivity index (χ1) is 15.4. The molecular weight excluding hydrogens is 461 g/mol. The fraction of sp³-hybridized carbons (Fsp3) is 0.318. The Hall–Kier alpha value is -3.34. The number of carboxylic acid groups (broad SMARTS) is 1. The number of aliphatic carboxylic acids is 1. The van der Waals surface area contributed by atoms with Gasteiger partial charge in [-0.1, -0.05) is 12.1 Å². The Labute approximate surface area is 191 Å². The van der Waals surface area contributed by atoms with E-state index in [9.17, 15) is 23.1 Å². The first kappa shape index (κ1) is 24.3. The topological polar surface area (TPSA) is 90.8 Å². The Morgan fingerprint density at radius 2 is 1.85 bits per heavy atom. The first-order valence-corrected chi connectivity index (χ1v) is 10.5. The Bertz CT molecular complexity index is 1130. The molecule has 7 nitrogen and oxygen atoms in total. The molecule has 0 aliphatic heterocycles. The molecule has 0 spiro atoms. The fourth-order valence-corrected chi connectivity index (χ4v) is 3.35. The summed E-state index contributed by atoms with van der Waals surface area (Å²) in [6.45, 7) is 5.02. The second-order valence-electron chi connectivity index (χ2n) is 7.53. The third-order valence-corrected chi connectivity index (χ3v) is 5.18. The molecule has 0 unspecified atom stereocenters. The molecule has 3 aromatic rings. The number of benzene rings is 2. The van der Waals surface area contributed by atoms with Crippen molar-refractivity contribution in [3.63, 3.8) is 0 Å². The maximum absolute atomic E-state index is 12.4. The van der Waals surface area contributed by atoms with Crippen LogP contribution in [0.25, 0.3) is 11.4 Å². The molecule has 0 aliphatic rings. The summed E-state index contributed by atoms with van der Waals surface area (Å²) in [5.74, 6) is -0.0801. The van der Waals surface area contributed by atoms with Crippen LogP contribution >= 0.6 is 11.5 Å². The van der Waals surface area contributed by atoms with Gasteiger partial charge in [0.05, 0.1) is 6.61 Å². The minimum Gasteiger partial charge on any atom is -0.493 e. The molecule has 1 aromatic heterocycles. The van der Waals surface area contributed by atoms with E-state index in [-0.39, 0.29) is 5.75 Å². The first-order valence-electron chi connectivity index (χ1n) is 9.77. The van der Waals surface area contributed by atoms with Crippen molar-refractivity contribution in [1.82, 2.24) is 9.36 Å². The largest absolute Gasteiger partial charge is 0.573 e. The Morgan fingerprint density at radius 1 is 1.09 bits per heavy atom. The quantitative estimate of drug-likeness (QED) is 0.444. The van der Waals surface area contributed by atoms with Crippen LogP contribution in [0.15, 0.2) is 42.5 Å². The summed E-state index contributed by atoms with van der Waals surface area (Å²) in [4.78, 5) is 15.6. The summed E-state index contributed by atoms with van der Waals surface area (Å²) in [5.41, 5.74) is -0.224. The van der Waals surface area contributed by atoms with Crippen molar-refractivity contribution in [2.24, 2.45) is 0 Å². The highest BCUT2D eigenvalue weighted by Crippen LogP contribution is 2.29. The zero-order valence-electron chi connectivity index (χ0n) is 18.0. The highest BCUT2D eigenvalue weighted by atomic mass is 32.1. The van der Waals surface area contributed by atoms with Gasteiger partial charge in [0.2, 0.25) is 0 Å². The van der Waals surface area contributed by atoms with E-state index in [1.54, 1.807) is 31.2 Å². The van der Waals surface area contributed by atoms with Crippen LogP contribution in [0.5, 0.6) is 17.2 Å². The van der Waals surface area contributed by atoms with Crippen molar-refractivity contribution in [2.45, 2.75) is 39.2 Å². The minimum atomic E-state index is -4.77. The summed E-state index contributed by atoms with van der Waals surface area (Å²) in [6.07, 6.45) is -4.33. The number of ether oxygens (including phenoxy) is 3. The van der Waals surface area contributed by atoms with Gasteiger partial charge in [-0.3, -0.25) is 0 Å². The van der Waals surface area contributed by atoms with Crippen molar-refractivity contribution in [3.05, 3.63) is 53.0 Å². The summed E-state index contributed by atoms with van der Waals surface area (Å²) in [7, 11) is 0. The number of hydrogen-bond donors (Lipinski definition) is 1. The van der Waals surface area contributed by atoms with E-state index in [1.807, 2.05) is 0 Å². The number of hydrogen-bond acceptors (Lipinski definition) is 7. The zero-order chi connectivity index (χ0) is 24.2. The van der Waals surface area contributed by atoms with E-state index >= 15 is 0 Å². The molecule has 0 amide bonds. The Morgan fingerprint density at radius 3 is 2.52 bits per heavy atom. The van der Waals surface area contributed by atoms with E-state index in [0.717, 1.165) is 17.1 Å². The summed E-state index contributed by atoms with van der Waals surface area (Å²) in [5, 5.41) is 9.85. The van der Waals surface area contributed by atoms with Crippen molar-refractivity contribution in [1.29, 1.82) is 0 Å². The lowest BCUT2D eigenvalue weighted by atomic mass is 10.1. The molecule has 0 bridgehead atoms. The lowest BCUT2D eigenvalue weighted by molar-refractivity contribution is -0.274. The van der Waals surface area contributed by atoms with Crippen LogP contribution in [-0.2, 0) is 11.2 Å². The van der Waals surface area contributed by atoms with Crippen LogP contribution in [0.4, 0.5) is 13.2 Å². The maximum Gasteiger partial charge on any atom is 0.573 e. The smallest absolute Gasteiger partial charge is 0.493 e. The van der Waals surface area contributed by atoms with E-state index in [1.165, 1.54) is 32.0 Å². The van der Waals surface area contributed by atoms with Crippen LogP contribution in [0.2, 0.25) is 0 Å². The van der Waals surface area contributed by atoms with Gasteiger partial charge < -0.3 is 19.3 Å². The van der Waals surface area contributed by atoms with Gasteiger partial charge in [0.25, 0.3) is 0 Å². The van der Waals surface area contributed by atoms with Crippen LogP contribution in [0, 0.1) is 6.92 Å². The molecule has 3 rings (SSSR count). The number of carboxylic acids is 1. The van der Waals surface area contributed by atoms with Crippen molar-refractivity contribution in [2.75, 3.05) is 6.61 Å². The number of halogens is 3. The summed E-state index contributed by atoms with van der Waals surface area (Å²) in [6, 6.07) is 10.5. The molecule has 11 heteroatoms. The van der Waals surface area contributed by atoms with Crippen molar-refractivity contribution >= 4 is 17.5 Å². The molecule has 0 atom stereocenters. The average Bonchev–Trinajstić information content (AvgIpc) is 3.18. The van der Waals surface area contributed by atoms with Crippen LogP contribution < -0.4 is 14.2 Å². The van der Waals surface area contributed by atoms with E-state index in [0.29, 0.717) is 40.9 Å². The molecule has 1 N–H and O–H groups in total. The molecule has 33 heavy (non-hydrogen) atoms. The van der Waals surface area contributed by atoms with Crippen LogP contribution in [0.1, 0.15) is 24.4 Å². The van der Waals surface area contributed by atoms with Gasteiger partial charge >= 0.3 is 12.3 Å². The number of nitrogens with zero attached hydrogens (tertiary/aromatic N) is 2. The van der Waals surface area contributed by atoms with Gasteiger partial charge in [-0.05, 0) is 68.2 Å². The Kier molecular flexibility index (Phi) is 7.11. The molecule has 0 aliphatic carbocycles. The standard InChI is InChI=1S/C22H21F3N2O5S/c1-13-11-15(7-8-17(13)32-21(2,3)20(28)29)30-10-9-18-26-19(27-33-18)14-5-4-6-16(12-14)31-22(23,24)25/h4-8,11-12H,9-10H2,1-3H3,(H,28,29). The van der Waals surface area contributed by atoms with Gasteiger partial charge in [0, 0.05) is 12.0 Å². The molecule has 1 heterocycles. The molecule has 2 aromatic carbocycles. The van der Waals surface area contributed by atoms with E-state index in [2.05, 4.69) is 14.1 Å². The van der Waals surface area contributed by atoms with Crippen LogP contribution in [0.3, 0.4) is 0 Å². The number of alkyl halides is 3. The SMILES string of the molecule is Cc1cc(OCCc2nc(-c3cccc(OC(F)(F)F)c3)ns2)ccc1OC(C)(C)C(=O)O. The second-order valence-corrected chi connectivity index (χ2v) is 8.37. The third-order valence-electron chi connectivity index (χ3n) is 4.41. The lowest BCUT2D eigenvalue weighted by Gasteiger charge is -2.23. The predicted molar refractivity (Wildman–Crippen MR) is 115 cm³/mol. The average molecular weight is 482 g/mol. The monoisotopic (exact) mass is 482 g/mol. The van der Waals surface area contributed by atoms with Crippen LogP contribution in [-0.4, -0.2) is 39.0 Å². The second kappa shape index (κ2) is 9.65. The van der Waals surface area contributed by atoms with Gasteiger partial charge in [-0.2, -0.15) is 4.37 Å². The summed E-state index contributed by atoms with van der Waals surface area (Å²) >= 11 is 1.13.